The average molecular weight is 195 g/mol. The Labute approximate surface area is 82.1 Å². The number of nitrogens with zero attached hydrogens (tertiary/aromatic N) is 1. The molecule has 0 spiro atoms. The molecule has 0 aliphatic heterocycles. The second-order valence-corrected chi connectivity index (χ2v) is 2.99. The number of hydrogen-bond acceptors (Lipinski definition) is 3. The van der Waals surface area contributed by atoms with Crippen molar-refractivity contribution in [3.63, 3.8) is 0 Å². The second-order valence-electron chi connectivity index (χ2n) is 2.99. The predicted octanol–water partition coefficient (Wildman–Crippen LogP) is 0.313. The summed E-state index contributed by atoms with van der Waals surface area (Å²) in [4.78, 5) is 11.4. The normalized spacial score (nSPS) is 9.86. The number of hydrogen-bond donors (Lipinski definition) is 1. The van der Waals surface area contributed by atoms with E-state index in [2.05, 4.69) is 6.58 Å². The zero-order chi connectivity index (χ0) is 10.6. The van der Waals surface area contributed by atoms with Crippen LogP contribution in [-0.4, -0.2) is 22.9 Å². The summed E-state index contributed by atoms with van der Waals surface area (Å²) in [6.45, 7) is 3.59. The Morgan fingerprint density at radius 1 is 1.71 bits per heavy atom. The van der Waals surface area contributed by atoms with E-state index in [1.165, 1.54) is 4.57 Å². The molecule has 0 saturated carbocycles. The van der Waals surface area contributed by atoms with Crippen LogP contribution in [0.15, 0.2) is 35.3 Å². The Kier molecular flexibility index (Phi) is 3.48. The monoisotopic (exact) mass is 195 g/mol. The average Bonchev–Trinajstić information content (AvgIpc) is 2.20. The summed E-state index contributed by atoms with van der Waals surface area (Å²) < 4.78 is 6.61. The first kappa shape index (κ1) is 10.5. The molecule has 0 bridgehead atoms. The molecule has 0 unspecified atom stereocenters. The van der Waals surface area contributed by atoms with E-state index >= 15 is 0 Å². The van der Waals surface area contributed by atoms with Gasteiger partial charge in [0.15, 0.2) is 5.75 Å². The first-order valence-corrected chi connectivity index (χ1v) is 4.21. The molecule has 0 atom stereocenters. The van der Waals surface area contributed by atoms with Crippen molar-refractivity contribution in [2.75, 3.05) is 13.2 Å². The number of aryl methyl sites for hydroxylation is 1. The van der Waals surface area contributed by atoms with Gasteiger partial charge >= 0.3 is 0 Å². The molecular formula is C10H13NO3. The molecule has 1 aromatic heterocycles. The molecule has 1 N–H and O–H groups in total. The van der Waals surface area contributed by atoms with Crippen molar-refractivity contribution in [3.05, 3.63) is 40.8 Å². The van der Waals surface area contributed by atoms with Gasteiger partial charge in [-0.25, -0.2) is 0 Å². The zero-order valence-electron chi connectivity index (χ0n) is 8.06. The maximum atomic E-state index is 11.4. The minimum atomic E-state index is -0.196. The third-order valence-electron chi connectivity index (χ3n) is 1.74. The number of aromatic nitrogens is 1. The van der Waals surface area contributed by atoms with Gasteiger partial charge in [-0.05, 0) is 17.7 Å². The highest BCUT2D eigenvalue weighted by molar-refractivity contribution is 5.17. The fraction of sp³-hybridized carbons (Fsp3) is 0.300. The summed E-state index contributed by atoms with van der Waals surface area (Å²) in [5.41, 5.74) is 0.342. The molecule has 0 aliphatic carbocycles. The first-order chi connectivity index (χ1) is 6.65. The van der Waals surface area contributed by atoms with Gasteiger partial charge in [0.05, 0.1) is 6.61 Å². The van der Waals surface area contributed by atoms with E-state index in [-0.39, 0.29) is 24.5 Å². The van der Waals surface area contributed by atoms with E-state index in [0.717, 1.165) is 0 Å². The maximum absolute atomic E-state index is 11.4. The summed E-state index contributed by atoms with van der Waals surface area (Å²) in [5.74, 6) is 0.268. The molecule has 4 nitrogen and oxygen atoms in total. The molecule has 76 valence electrons. The standard InChI is InChI=1S/C10H13NO3/c1-8(6-12)7-14-9-4-3-5-11(2)10(9)13/h3-5,12H,1,6-7H2,2H3. The van der Waals surface area contributed by atoms with Crippen molar-refractivity contribution in [3.8, 4) is 5.75 Å². The van der Waals surface area contributed by atoms with E-state index in [1.54, 1.807) is 25.4 Å². The summed E-state index contributed by atoms with van der Waals surface area (Å²) in [7, 11) is 1.65. The van der Waals surface area contributed by atoms with Crippen molar-refractivity contribution < 1.29 is 9.84 Å². The topological polar surface area (TPSA) is 51.5 Å². The second kappa shape index (κ2) is 4.62. The molecule has 0 fully saturated rings. The molecule has 0 saturated heterocycles. The predicted molar refractivity (Wildman–Crippen MR) is 53.4 cm³/mol. The Bertz CT molecular complexity index is 381. The summed E-state index contributed by atoms with van der Waals surface area (Å²) in [6.07, 6.45) is 1.65. The lowest BCUT2D eigenvalue weighted by Crippen LogP contribution is -2.19. The van der Waals surface area contributed by atoms with E-state index in [4.69, 9.17) is 9.84 Å². The van der Waals surface area contributed by atoms with E-state index in [9.17, 15) is 4.79 Å². The van der Waals surface area contributed by atoms with E-state index in [0.29, 0.717) is 5.57 Å². The van der Waals surface area contributed by atoms with Crippen LogP contribution in [0.2, 0.25) is 0 Å². The highest BCUT2D eigenvalue weighted by Crippen LogP contribution is 2.02. The first-order valence-electron chi connectivity index (χ1n) is 4.21. The highest BCUT2D eigenvalue weighted by Gasteiger charge is 2.01. The van der Waals surface area contributed by atoms with Crippen LogP contribution in [0.25, 0.3) is 0 Å². The van der Waals surface area contributed by atoms with Crippen molar-refractivity contribution >= 4 is 0 Å². The molecular weight excluding hydrogens is 182 g/mol. The van der Waals surface area contributed by atoms with Crippen molar-refractivity contribution in [1.82, 2.24) is 4.57 Å². The van der Waals surface area contributed by atoms with Gasteiger partial charge in [0.2, 0.25) is 0 Å². The van der Waals surface area contributed by atoms with Gasteiger partial charge in [-0.2, -0.15) is 0 Å². The number of aliphatic hydroxyl groups is 1. The quantitative estimate of drug-likeness (QED) is 0.703. The highest BCUT2D eigenvalue weighted by atomic mass is 16.5. The van der Waals surface area contributed by atoms with Crippen LogP contribution in [0.4, 0.5) is 0 Å². The number of rotatable bonds is 4. The van der Waals surface area contributed by atoms with Crippen LogP contribution in [0.5, 0.6) is 5.75 Å². The fourth-order valence-electron chi connectivity index (χ4n) is 0.908. The van der Waals surface area contributed by atoms with Crippen LogP contribution < -0.4 is 10.3 Å². The molecule has 1 rings (SSSR count). The lowest BCUT2D eigenvalue weighted by molar-refractivity contribution is 0.286. The Hall–Kier alpha value is -1.55. The number of aliphatic hydroxyl groups excluding tert-OH is 1. The molecule has 0 aliphatic rings. The number of ether oxygens (including phenoxy) is 1. The zero-order valence-corrected chi connectivity index (χ0v) is 8.06. The molecule has 0 aromatic carbocycles. The minimum Gasteiger partial charge on any atom is -0.483 e. The largest absolute Gasteiger partial charge is 0.483 e. The van der Waals surface area contributed by atoms with Gasteiger partial charge in [0.25, 0.3) is 5.56 Å². The van der Waals surface area contributed by atoms with Gasteiger partial charge in [0, 0.05) is 13.2 Å². The van der Waals surface area contributed by atoms with Gasteiger partial charge in [-0.15, -0.1) is 0 Å². The van der Waals surface area contributed by atoms with Crippen LogP contribution in [0.1, 0.15) is 0 Å². The molecule has 0 amide bonds. The van der Waals surface area contributed by atoms with Crippen molar-refractivity contribution in [2.24, 2.45) is 7.05 Å². The summed E-state index contributed by atoms with van der Waals surface area (Å²) in [5, 5.41) is 8.67. The minimum absolute atomic E-state index is 0.132. The van der Waals surface area contributed by atoms with Gasteiger partial charge in [-0.1, -0.05) is 6.58 Å². The molecule has 1 aromatic rings. The van der Waals surface area contributed by atoms with E-state index < -0.39 is 0 Å². The van der Waals surface area contributed by atoms with Crippen LogP contribution in [0, 0.1) is 0 Å². The third-order valence-corrected chi connectivity index (χ3v) is 1.74. The summed E-state index contributed by atoms with van der Waals surface area (Å²) in [6, 6.07) is 3.31. The summed E-state index contributed by atoms with van der Waals surface area (Å²) >= 11 is 0. The van der Waals surface area contributed by atoms with Crippen LogP contribution in [-0.2, 0) is 7.05 Å². The third kappa shape index (κ3) is 2.47. The fourth-order valence-corrected chi connectivity index (χ4v) is 0.908. The Morgan fingerprint density at radius 2 is 2.43 bits per heavy atom. The number of pyridine rings is 1. The maximum Gasteiger partial charge on any atom is 0.292 e. The Morgan fingerprint density at radius 3 is 3.07 bits per heavy atom. The van der Waals surface area contributed by atoms with Crippen molar-refractivity contribution in [1.29, 1.82) is 0 Å². The van der Waals surface area contributed by atoms with Crippen molar-refractivity contribution in [2.45, 2.75) is 0 Å². The smallest absolute Gasteiger partial charge is 0.292 e. The van der Waals surface area contributed by atoms with E-state index in [1.807, 2.05) is 0 Å². The van der Waals surface area contributed by atoms with Crippen LogP contribution >= 0.6 is 0 Å². The Balaban J connectivity index is 2.73. The van der Waals surface area contributed by atoms with Gasteiger partial charge in [0.1, 0.15) is 6.61 Å². The van der Waals surface area contributed by atoms with Gasteiger partial charge in [-0.3, -0.25) is 4.79 Å². The molecule has 14 heavy (non-hydrogen) atoms. The van der Waals surface area contributed by atoms with Gasteiger partial charge < -0.3 is 14.4 Å². The lowest BCUT2D eigenvalue weighted by Gasteiger charge is -2.06. The molecule has 4 heteroatoms. The molecule has 1 heterocycles. The van der Waals surface area contributed by atoms with Crippen LogP contribution in [0.3, 0.4) is 0 Å². The SMILES string of the molecule is C=C(CO)COc1cccn(C)c1=O. The lowest BCUT2D eigenvalue weighted by atomic mass is 10.3. The molecule has 0 radical (unpaired) electrons.